The van der Waals surface area contributed by atoms with Gasteiger partial charge in [0.25, 0.3) is 0 Å². The van der Waals surface area contributed by atoms with Crippen molar-refractivity contribution in [1.82, 2.24) is 10.6 Å². The van der Waals surface area contributed by atoms with Gasteiger partial charge in [-0.3, -0.25) is 0 Å². The number of aliphatic imine (C=N–C) groups is 1. The van der Waals surface area contributed by atoms with Gasteiger partial charge in [0.2, 0.25) is 0 Å². The Balaban J connectivity index is 0.00000392. The number of rotatable bonds is 11. The van der Waals surface area contributed by atoms with Crippen molar-refractivity contribution in [1.29, 1.82) is 0 Å². The zero-order chi connectivity index (χ0) is 19.5. The maximum atomic E-state index is 5.58. The van der Waals surface area contributed by atoms with Crippen LogP contribution in [0.25, 0.3) is 0 Å². The summed E-state index contributed by atoms with van der Waals surface area (Å²) < 4.78 is 16.3. The van der Waals surface area contributed by atoms with Gasteiger partial charge in [-0.15, -0.1) is 24.0 Å². The molecule has 28 heavy (non-hydrogen) atoms. The van der Waals surface area contributed by atoms with E-state index in [-0.39, 0.29) is 24.0 Å². The predicted octanol–water partition coefficient (Wildman–Crippen LogP) is 3.97. The summed E-state index contributed by atoms with van der Waals surface area (Å²) in [6, 6.07) is 5.97. The summed E-state index contributed by atoms with van der Waals surface area (Å²) in [6.45, 7) is 7.85. The molecule has 0 bridgehead atoms. The highest BCUT2D eigenvalue weighted by Crippen LogP contribution is 2.43. The van der Waals surface area contributed by atoms with Crippen LogP contribution in [0.4, 0.5) is 0 Å². The highest BCUT2D eigenvalue weighted by Gasteiger charge is 2.36. The van der Waals surface area contributed by atoms with Crippen molar-refractivity contribution in [2.75, 3.05) is 40.5 Å². The van der Waals surface area contributed by atoms with Gasteiger partial charge in [0.05, 0.1) is 20.3 Å². The minimum atomic E-state index is 0. The molecule has 0 atom stereocenters. The molecule has 1 saturated carbocycles. The Hall–Kier alpha value is -1.22. The lowest BCUT2D eigenvalue weighted by molar-refractivity contribution is 0.0732. The third-order valence-electron chi connectivity index (χ3n) is 5.17. The van der Waals surface area contributed by atoms with Gasteiger partial charge in [0, 0.05) is 26.8 Å². The van der Waals surface area contributed by atoms with E-state index in [2.05, 4.69) is 17.6 Å². The van der Waals surface area contributed by atoms with Gasteiger partial charge in [-0.25, -0.2) is 4.99 Å². The van der Waals surface area contributed by atoms with E-state index in [4.69, 9.17) is 19.2 Å². The van der Waals surface area contributed by atoms with E-state index in [9.17, 15) is 0 Å². The summed E-state index contributed by atoms with van der Waals surface area (Å²) in [6.07, 6.45) is 4.94. The quantitative estimate of drug-likeness (QED) is 0.271. The zero-order valence-corrected chi connectivity index (χ0v) is 20.0. The van der Waals surface area contributed by atoms with Gasteiger partial charge < -0.3 is 24.8 Å². The van der Waals surface area contributed by atoms with Crippen LogP contribution in [-0.4, -0.2) is 46.5 Å². The smallest absolute Gasteiger partial charge is 0.191 e. The van der Waals surface area contributed by atoms with Gasteiger partial charge in [-0.2, -0.15) is 0 Å². The molecule has 1 aliphatic rings. The Labute approximate surface area is 186 Å². The number of ether oxygens (including phenoxy) is 3. The first-order valence-corrected chi connectivity index (χ1v) is 9.97. The SMILES string of the molecule is CCNC(=NCc1ccc(OCC)c(OC)c1)NCC1(CCOC)CCC1.I. The minimum Gasteiger partial charge on any atom is -0.493 e. The number of hydrogen-bond donors (Lipinski definition) is 2. The number of nitrogens with one attached hydrogen (secondary N) is 2. The minimum absolute atomic E-state index is 0. The highest BCUT2D eigenvalue weighted by molar-refractivity contribution is 14.0. The number of benzene rings is 1. The normalized spacial score (nSPS) is 15.2. The van der Waals surface area contributed by atoms with Crippen molar-refractivity contribution in [3.8, 4) is 11.5 Å². The molecule has 6 nitrogen and oxygen atoms in total. The van der Waals surface area contributed by atoms with Gasteiger partial charge in [0.1, 0.15) is 0 Å². The van der Waals surface area contributed by atoms with Crippen molar-refractivity contribution in [3.63, 3.8) is 0 Å². The molecule has 0 heterocycles. The third-order valence-corrected chi connectivity index (χ3v) is 5.17. The molecule has 1 aromatic carbocycles. The van der Waals surface area contributed by atoms with Crippen LogP contribution in [0.5, 0.6) is 11.5 Å². The Bertz CT molecular complexity index is 607. The predicted molar refractivity (Wildman–Crippen MR) is 125 cm³/mol. The maximum absolute atomic E-state index is 5.58. The van der Waals surface area contributed by atoms with Crippen LogP contribution in [-0.2, 0) is 11.3 Å². The molecular formula is C21H36IN3O3. The second-order valence-corrected chi connectivity index (χ2v) is 7.06. The monoisotopic (exact) mass is 505 g/mol. The molecule has 0 aliphatic heterocycles. The first-order valence-electron chi connectivity index (χ1n) is 9.97. The standard InChI is InChI=1S/C21H35N3O3.HI/c1-5-22-20(24-16-21(10-7-11-21)12-13-25-3)23-15-17-8-9-18(27-6-2)19(14-17)26-4;/h8-9,14H,5-7,10-13,15-16H2,1-4H3,(H2,22,23,24);1H. The summed E-state index contributed by atoms with van der Waals surface area (Å²) in [5.74, 6) is 2.37. The Morgan fingerprint density at radius 1 is 1.14 bits per heavy atom. The van der Waals surface area contributed by atoms with Crippen LogP contribution in [0.1, 0.15) is 45.1 Å². The summed E-state index contributed by atoms with van der Waals surface area (Å²) in [4.78, 5) is 4.74. The van der Waals surface area contributed by atoms with E-state index in [1.54, 1.807) is 14.2 Å². The summed E-state index contributed by atoms with van der Waals surface area (Å²) in [5, 5.41) is 6.87. The lowest BCUT2D eigenvalue weighted by Gasteiger charge is -2.42. The number of halogens is 1. The average molecular weight is 505 g/mol. The molecule has 0 spiro atoms. The first kappa shape index (κ1) is 24.8. The second-order valence-electron chi connectivity index (χ2n) is 7.06. The molecule has 2 rings (SSSR count). The molecule has 1 aromatic rings. The number of hydrogen-bond acceptors (Lipinski definition) is 4. The fraction of sp³-hybridized carbons (Fsp3) is 0.667. The van der Waals surface area contributed by atoms with Crippen molar-refractivity contribution in [2.24, 2.45) is 10.4 Å². The van der Waals surface area contributed by atoms with Crippen LogP contribution >= 0.6 is 24.0 Å². The summed E-state index contributed by atoms with van der Waals surface area (Å²) >= 11 is 0. The number of methoxy groups -OCH3 is 2. The molecular weight excluding hydrogens is 469 g/mol. The lowest BCUT2D eigenvalue weighted by atomic mass is 9.67. The Morgan fingerprint density at radius 3 is 2.50 bits per heavy atom. The van der Waals surface area contributed by atoms with E-state index >= 15 is 0 Å². The van der Waals surface area contributed by atoms with Crippen LogP contribution < -0.4 is 20.1 Å². The fourth-order valence-corrected chi connectivity index (χ4v) is 3.38. The summed E-state index contributed by atoms with van der Waals surface area (Å²) in [5.41, 5.74) is 1.44. The van der Waals surface area contributed by atoms with E-state index in [1.165, 1.54) is 19.3 Å². The zero-order valence-electron chi connectivity index (χ0n) is 17.7. The average Bonchev–Trinajstić information content (AvgIpc) is 2.65. The van der Waals surface area contributed by atoms with Crippen molar-refractivity contribution in [2.45, 2.75) is 46.1 Å². The molecule has 0 aromatic heterocycles. The molecule has 1 fully saturated rings. The van der Waals surface area contributed by atoms with Crippen LogP contribution in [0.15, 0.2) is 23.2 Å². The Morgan fingerprint density at radius 2 is 1.93 bits per heavy atom. The first-order chi connectivity index (χ1) is 13.2. The van der Waals surface area contributed by atoms with Crippen molar-refractivity contribution in [3.05, 3.63) is 23.8 Å². The molecule has 0 radical (unpaired) electrons. The van der Waals surface area contributed by atoms with Gasteiger partial charge in [-0.1, -0.05) is 12.5 Å². The summed E-state index contributed by atoms with van der Waals surface area (Å²) in [7, 11) is 3.44. The van der Waals surface area contributed by atoms with Gasteiger partial charge >= 0.3 is 0 Å². The van der Waals surface area contributed by atoms with E-state index in [0.717, 1.165) is 49.1 Å². The molecule has 0 unspecified atom stereocenters. The molecule has 1 aliphatic carbocycles. The van der Waals surface area contributed by atoms with Crippen LogP contribution in [0.2, 0.25) is 0 Å². The second kappa shape index (κ2) is 13.1. The maximum Gasteiger partial charge on any atom is 0.191 e. The molecule has 0 saturated heterocycles. The fourth-order valence-electron chi connectivity index (χ4n) is 3.38. The van der Waals surface area contributed by atoms with E-state index in [0.29, 0.717) is 18.6 Å². The van der Waals surface area contributed by atoms with Crippen LogP contribution in [0.3, 0.4) is 0 Å². The topological polar surface area (TPSA) is 64.1 Å². The Kier molecular flexibility index (Phi) is 11.6. The molecule has 2 N–H and O–H groups in total. The van der Waals surface area contributed by atoms with Crippen molar-refractivity contribution >= 4 is 29.9 Å². The molecule has 0 amide bonds. The third kappa shape index (κ3) is 7.31. The highest BCUT2D eigenvalue weighted by atomic mass is 127. The van der Waals surface area contributed by atoms with Crippen molar-refractivity contribution < 1.29 is 14.2 Å². The van der Waals surface area contributed by atoms with Gasteiger partial charge in [-0.05, 0) is 56.2 Å². The van der Waals surface area contributed by atoms with E-state index in [1.807, 2.05) is 25.1 Å². The van der Waals surface area contributed by atoms with Gasteiger partial charge in [0.15, 0.2) is 17.5 Å². The largest absolute Gasteiger partial charge is 0.493 e. The molecule has 7 heteroatoms. The number of nitrogens with zero attached hydrogens (tertiary/aromatic N) is 1. The van der Waals surface area contributed by atoms with E-state index < -0.39 is 0 Å². The lowest BCUT2D eigenvalue weighted by Crippen LogP contribution is -2.46. The van der Waals surface area contributed by atoms with Crippen LogP contribution in [0, 0.1) is 5.41 Å². The molecule has 160 valence electrons. The number of guanidine groups is 1.